The number of nitrogen functional groups attached to an aromatic ring is 1. The Morgan fingerprint density at radius 1 is 1.19 bits per heavy atom. The van der Waals surface area contributed by atoms with Gasteiger partial charge in [0.25, 0.3) is 0 Å². The highest BCUT2D eigenvalue weighted by Crippen LogP contribution is 2.28. The third kappa shape index (κ3) is 2.53. The van der Waals surface area contributed by atoms with E-state index in [2.05, 4.69) is 15.5 Å². The van der Waals surface area contributed by atoms with E-state index < -0.39 is 0 Å². The zero-order valence-corrected chi connectivity index (χ0v) is 11.9. The number of methoxy groups -OCH3 is 1. The summed E-state index contributed by atoms with van der Waals surface area (Å²) >= 11 is 6.01. The van der Waals surface area contributed by atoms with Crippen LogP contribution in [0.1, 0.15) is 0 Å². The zero-order chi connectivity index (χ0) is 14.8. The van der Waals surface area contributed by atoms with Gasteiger partial charge in [-0.3, -0.25) is 0 Å². The van der Waals surface area contributed by atoms with Crippen molar-refractivity contribution in [2.75, 3.05) is 12.8 Å². The average Bonchev–Trinajstić information content (AvgIpc) is 2.96. The summed E-state index contributed by atoms with van der Waals surface area (Å²) in [4.78, 5) is 0. The monoisotopic (exact) mass is 301 g/mol. The lowest BCUT2D eigenvalue weighted by Gasteiger charge is -2.08. The smallest absolute Gasteiger partial charge is 0.187 e. The molecule has 0 spiro atoms. The van der Waals surface area contributed by atoms with Gasteiger partial charge in [0.05, 0.1) is 18.5 Å². The molecular weight excluding hydrogens is 290 g/mol. The molecule has 0 aliphatic carbocycles. The molecule has 2 N–H and O–H groups in total. The Labute approximate surface area is 126 Å². The van der Waals surface area contributed by atoms with Gasteiger partial charge < -0.3 is 10.5 Å². The van der Waals surface area contributed by atoms with Gasteiger partial charge in [-0.25, -0.2) is 0 Å². The minimum absolute atomic E-state index is 0.524. The standard InChI is InChI=1S/C14H12ClN5O/c1-21-13-6-5-9(7-12(13)16)14-17-18-19-20(14)11-4-2-3-10(15)8-11/h2-8H,16H2,1H3. The van der Waals surface area contributed by atoms with Crippen molar-refractivity contribution in [2.45, 2.75) is 0 Å². The van der Waals surface area contributed by atoms with Crippen molar-refractivity contribution >= 4 is 17.3 Å². The van der Waals surface area contributed by atoms with Gasteiger partial charge in [0.15, 0.2) is 5.82 Å². The summed E-state index contributed by atoms with van der Waals surface area (Å²) in [5.41, 5.74) is 8.02. The quantitative estimate of drug-likeness (QED) is 0.752. The molecule has 0 saturated heterocycles. The van der Waals surface area contributed by atoms with Crippen LogP contribution in [0, 0.1) is 0 Å². The summed E-state index contributed by atoms with van der Waals surface area (Å²) in [5.74, 6) is 1.19. The van der Waals surface area contributed by atoms with Gasteiger partial charge in [-0.1, -0.05) is 17.7 Å². The van der Waals surface area contributed by atoms with E-state index in [4.69, 9.17) is 22.1 Å². The fourth-order valence-corrected chi connectivity index (χ4v) is 2.21. The minimum Gasteiger partial charge on any atom is -0.495 e. The Morgan fingerprint density at radius 3 is 2.76 bits per heavy atom. The van der Waals surface area contributed by atoms with Gasteiger partial charge in [-0.15, -0.1) is 5.10 Å². The Bertz CT molecular complexity index is 787. The highest BCUT2D eigenvalue weighted by molar-refractivity contribution is 6.30. The summed E-state index contributed by atoms with van der Waals surface area (Å²) in [6, 6.07) is 12.7. The second-order valence-corrected chi connectivity index (χ2v) is 4.79. The van der Waals surface area contributed by atoms with E-state index in [0.717, 1.165) is 11.3 Å². The lowest BCUT2D eigenvalue weighted by molar-refractivity contribution is 0.417. The van der Waals surface area contributed by atoms with E-state index in [9.17, 15) is 0 Å². The number of ether oxygens (including phenoxy) is 1. The zero-order valence-electron chi connectivity index (χ0n) is 11.2. The number of nitrogens with zero attached hydrogens (tertiary/aromatic N) is 4. The van der Waals surface area contributed by atoms with E-state index in [1.54, 1.807) is 36.1 Å². The number of benzene rings is 2. The molecule has 106 valence electrons. The van der Waals surface area contributed by atoms with Crippen molar-refractivity contribution in [1.29, 1.82) is 0 Å². The van der Waals surface area contributed by atoms with Crippen molar-refractivity contribution in [3.63, 3.8) is 0 Å². The molecule has 0 unspecified atom stereocenters. The number of anilines is 1. The third-order valence-corrected chi connectivity index (χ3v) is 3.25. The molecule has 21 heavy (non-hydrogen) atoms. The molecule has 3 rings (SSSR count). The Hall–Kier alpha value is -2.60. The predicted molar refractivity (Wildman–Crippen MR) is 80.6 cm³/mol. The molecule has 6 nitrogen and oxygen atoms in total. The number of hydrogen-bond acceptors (Lipinski definition) is 5. The number of aromatic nitrogens is 4. The lowest BCUT2D eigenvalue weighted by atomic mass is 10.1. The largest absolute Gasteiger partial charge is 0.495 e. The molecule has 3 aromatic rings. The molecule has 0 amide bonds. The van der Waals surface area contributed by atoms with Crippen LogP contribution in [-0.4, -0.2) is 27.3 Å². The van der Waals surface area contributed by atoms with Crippen LogP contribution in [-0.2, 0) is 0 Å². The van der Waals surface area contributed by atoms with Crippen molar-refractivity contribution < 1.29 is 4.74 Å². The Kier molecular flexibility index (Phi) is 3.45. The van der Waals surface area contributed by atoms with Gasteiger partial charge in [0.2, 0.25) is 0 Å². The molecule has 0 bridgehead atoms. The molecule has 2 aromatic carbocycles. The molecular formula is C14H12ClN5O. The van der Waals surface area contributed by atoms with Crippen LogP contribution in [0.4, 0.5) is 5.69 Å². The van der Waals surface area contributed by atoms with Gasteiger partial charge in [0.1, 0.15) is 5.75 Å². The molecule has 7 heteroatoms. The van der Waals surface area contributed by atoms with E-state index in [1.807, 2.05) is 18.2 Å². The van der Waals surface area contributed by atoms with Crippen LogP contribution >= 0.6 is 11.6 Å². The number of tetrazole rings is 1. The van der Waals surface area contributed by atoms with Crippen molar-refractivity contribution in [3.05, 3.63) is 47.5 Å². The van der Waals surface area contributed by atoms with Crippen LogP contribution in [0.5, 0.6) is 5.75 Å². The lowest BCUT2D eigenvalue weighted by Crippen LogP contribution is -2.00. The number of nitrogens with two attached hydrogens (primary N) is 1. The fraction of sp³-hybridized carbons (Fsp3) is 0.0714. The SMILES string of the molecule is COc1ccc(-c2nnnn2-c2cccc(Cl)c2)cc1N. The summed E-state index contributed by atoms with van der Waals surface area (Å²) in [7, 11) is 1.57. The minimum atomic E-state index is 0.524. The first-order valence-corrected chi connectivity index (χ1v) is 6.55. The second kappa shape index (κ2) is 5.41. The molecule has 1 heterocycles. The maximum absolute atomic E-state index is 6.01. The Balaban J connectivity index is 2.09. The first-order valence-electron chi connectivity index (χ1n) is 6.17. The van der Waals surface area contributed by atoms with Crippen LogP contribution in [0.25, 0.3) is 17.1 Å². The highest BCUT2D eigenvalue weighted by Gasteiger charge is 2.12. The number of halogens is 1. The van der Waals surface area contributed by atoms with Crippen molar-refractivity contribution in [2.24, 2.45) is 0 Å². The predicted octanol–water partition coefficient (Wildman–Crippen LogP) is 2.57. The first-order chi connectivity index (χ1) is 10.2. The maximum atomic E-state index is 6.01. The average molecular weight is 302 g/mol. The summed E-state index contributed by atoms with van der Waals surface area (Å²) in [6.45, 7) is 0. The Morgan fingerprint density at radius 2 is 2.05 bits per heavy atom. The van der Waals surface area contributed by atoms with Crippen LogP contribution in [0.15, 0.2) is 42.5 Å². The summed E-state index contributed by atoms with van der Waals surface area (Å²) in [6.07, 6.45) is 0. The molecule has 1 aromatic heterocycles. The van der Waals surface area contributed by atoms with Gasteiger partial charge >= 0.3 is 0 Å². The summed E-state index contributed by atoms with van der Waals surface area (Å²) in [5, 5.41) is 12.4. The number of rotatable bonds is 3. The van der Waals surface area contributed by atoms with E-state index in [1.165, 1.54) is 0 Å². The van der Waals surface area contributed by atoms with Crippen LogP contribution in [0.3, 0.4) is 0 Å². The second-order valence-electron chi connectivity index (χ2n) is 4.35. The molecule has 0 fully saturated rings. The maximum Gasteiger partial charge on any atom is 0.187 e. The van der Waals surface area contributed by atoms with Crippen LogP contribution in [0.2, 0.25) is 5.02 Å². The highest BCUT2D eigenvalue weighted by atomic mass is 35.5. The molecule has 0 aliphatic heterocycles. The fourth-order valence-electron chi connectivity index (χ4n) is 2.02. The van der Waals surface area contributed by atoms with Crippen LogP contribution < -0.4 is 10.5 Å². The molecule has 0 radical (unpaired) electrons. The van der Waals surface area contributed by atoms with Gasteiger partial charge in [0, 0.05) is 10.6 Å². The summed E-state index contributed by atoms with van der Waals surface area (Å²) < 4.78 is 6.75. The molecule has 0 saturated carbocycles. The molecule has 0 atom stereocenters. The van der Waals surface area contributed by atoms with E-state index in [-0.39, 0.29) is 0 Å². The van der Waals surface area contributed by atoms with Gasteiger partial charge in [-0.2, -0.15) is 4.68 Å². The normalized spacial score (nSPS) is 10.6. The number of hydrogen-bond donors (Lipinski definition) is 1. The topological polar surface area (TPSA) is 78.9 Å². The van der Waals surface area contributed by atoms with Gasteiger partial charge in [-0.05, 0) is 46.8 Å². The first kappa shape index (κ1) is 13.4. The third-order valence-electron chi connectivity index (χ3n) is 3.01. The van der Waals surface area contributed by atoms with Crippen molar-refractivity contribution in [1.82, 2.24) is 20.2 Å². The van der Waals surface area contributed by atoms with E-state index in [0.29, 0.717) is 22.3 Å². The van der Waals surface area contributed by atoms with Crippen molar-refractivity contribution in [3.8, 4) is 22.8 Å². The van der Waals surface area contributed by atoms with E-state index >= 15 is 0 Å². The molecule has 0 aliphatic rings.